The standard InChI is InChI=1S/C20H16Cl2N2O3S/c1-13-9-10-15(23-20(25)17-7-2-3-8-18(17)22)12-19(13)28(26,27)24-16-6-4-5-14(21)11-16/h2-12,24H,1H3,(H,23,25). The second-order valence-electron chi connectivity index (χ2n) is 6.03. The number of nitrogens with one attached hydrogen (secondary N) is 2. The van der Waals surface area contributed by atoms with E-state index >= 15 is 0 Å². The van der Waals surface area contributed by atoms with Crippen LogP contribution in [-0.4, -0.2) is 14.3 Å². The van der Waals surface area contributed by atoms with Crippen molar-refractivity contribution in [3.05, 3.63) is 87.9 Å². The van der Waals surface area contributed by atoms with Gasteiger partial charge in [-0.15, -0.1) is 0 Å². The molecule has 0 radical (unpaired) electrons. The van der Waals surface area contributed by atoms with Crippen molar-refractivity contribution in [2.45, 2.75) is 11.8 Å². The van der Waals surface area contributed by atoms with Crippen LogP contribution in [0.25, 0.3) is 0 Å². The van der Waals surface area contributed by atoms with Crippen LogP contribution in [0.1, 0.15) is 15.9 Å². The minimum absolute atomic E-state index is 0.0458. The maximum atomic E-state index is 12.8. The highest BCUT2D eigenvalue weighted by Gasteiger charge is 2.19. The van der Waals surface area contributed by atoms with Crippen LogP contribution >= 0.6 is 23.2 Å². The number of amides is 1. The number of carbonyl (C=O) groups excluding carboxylic acids is 1. The Morgan fingerprint density at radius 3 is 2.36 bits per heavy atom. The molecule has 3 rings (SSSR count). The Morgan fingerprint density at radius 1 is 0.893 bits per heavy atom. The minimum atomic E-state index is -3.88. The summed E-state index contributed by atoms with van der Waals surface area (Å²) in [7, 11) is -3.88. The molecule has 2 N–H and O–H groups in total. The Hall–Kier alpha value is -2.54. The van der Waals surface area contributed by atoms with Gasteiger partial charge in [0.25, 0.3) is 15.9 Å². The number of sulfonamides is 1. The lowest BCUT2D eigenvalue weighted by Gasteiger charge is -2.13. The quantitative estimate of drug-likeness (QED) is 0.567. The molecule has 0 heterocycles. The molecular formula is C20H16Cl2N2O3S. The first-order valence-corrected chi connectivity index (χ1v) is 10.4. The smallest absolute Gasteiger partial charge is 0.262 e. The lowest BCUT2D eigenvalue weighted by molar-refractivity contribution is 0.102. The van der Waals surface area contributed by atoms with E-state index in [0.717, 1.165) is 0 Å². The number of benzene rings is 3. The Labute approximate surface area is 173 Å². The lowest BCUT2D eigenvalue weighted by atomic mass is 10.2. The van der Waals surface area contributed by atoms with E-state index < -0.39 is 15.9 Å². The van der Waals surface area contributed by atoms with Crippen molar-refractivity contribution in [3.63, 3.8) is 0 Å². The molecule has 0 fully saturated rings. The molecule has 3 aromatic carbocycles. The SMILES string of the molecule is Cc1ccc(NC(=O)c2ccccc2Cl)cc1S(=O)(=O)Nc1cccc(Cl)c1. The summed E-state index contributed by atoms with van der Waals surface area (Å²) in [5.41, 5.74) is 1.51. The van der Waals surface area contributed by atoms with Gasteiger partial charge in [-0.25, -0.2) is 8.42 Å². The average molecular weight is 435 g/mol. The number of anilines is 2. The first kappa shape index (κ1) is 20.2. The zero-order chi connectivity index (χ0) is 20.3. The third kappa shape index (κ3) is 4.65. The van der Waals surface area contributed by atoms with Gasteiger partial charge in [0.1, 0.15) is 0 Å². The van der Waals surface area contributed by atoms with Crippen molar-refractivity contribution in [3.8, 4) is 0 Å². The second kappa shape index (κ2) is 8.22. The van der Waals surface area contributed by atoms with Gasteiger partial charge in [-0.3, -0.25) is 9.52 Å². The van der Waals surface area contributed by atoms with Crippen LogP contribution in [0.15, 0.2) is 71.6 Å². The predicted octanol–water partition coefficient (Wildman–Crippen LogP) is 5.35. The van der Waals surface area contributed by atoms with Gasteiger partial charge in [-0.1, -0.05) is 47.5 Å². The average Bonchev–Trinajstić information content (AvgIpc) is 2.63. The van der Waals surface area contributed by atoms with Gasteiger partial charge in [-0.2, -0.15) is 0 Å². The van der Waals surface area contributed by atoms with Crippen molar-refractivity contribution in [2.75, 3.05) is 10.0 Å². The molecule has 0 spiro atoms. The first-order chi connectivity index (χ1) is 13.3. The van der Waals surface area contributed by atoms with Crippen LogP contribution in [0.3, 0.4) is 0 Å². The van der Waals surface area contributed by atoms with Crippen molar-refractivity contribution >= 4 is 50.5 Å². The molecule has 28 heavy (non-hydrogen) atoms. The van der Waals surface area contributed by atoms with Crippen LogP contribution < -0.4 is 10.0 Å². The van der Waals surface area contributed by atoms with Crippen LogP contribution in [0.2, 0.25) is 10.0 Å². The highest BCUT2D eigenvalue weighted by molar-refractivity contribution is 7.92. The molecular weight excluding hydrogens is 419 g/mol. The van der Waals surface area contributed by atoms with Gasteiger partial charge in [0, 0.05) is 10.7 Å². The van der Waals surface area contributed by atoms with E-state index in [2.05, 4.69) is 10.0 Å². The van der Waals surface area contributed by atoms with E-state index in [4.69, 9.17) is 23.2 Å². The summed E-state index contributed by atoms with van der Waals surface area (Å²) in [5, 5.41) is 3.40. The molecule has 8 heteroatoms. The highest BCUT2D eigenvalue weighted by atomic mass is 35.5. The number of rotatable bonds is 5. The molecule has 0 aromatic heterocycles. The number of carbonyl (C=O) groups is 1. The molecule has 0 aliphatic heterocycles. The Morgan fingerprint density at radius 2 is 1.64 bits per heavy atom. The fraction of sp³-hybridized carbons (Fsp3) is 0.0500. The van der Waals surface area contributed by atoms with Crippen molar-refractivity contribution in [1.29, 1.82) is 0 Å². The van der Waals surface area contributed by atoms with Crippen LogP contribution in [0, 0.1) is 6.92 Å². The van der Waals surface area contributed by atoms with Gasteiger partial charge in [0.15, 0.2) is 0 Å². The molecule has 0 saturated carbocycles. The Balaban J connectivity index is 1.89. The Kier molecular flexibility index (Phi) is 5.93. The summed E-state index contributed by atoms with van der Waals surface area (Å²) in [6.45, 7) is 1.67. The summed E-state index contributed by atoms with van der Waals surface area (Å²) < 4.78 is 28.1. The Bertz CT molecular complexity index is 1150. The third-order valence-electron chi connectivity index (χ3n) is 3.93. The zero-order valence-corrected chi connectivity index (χ0v) is 17.1. The van der Waals surface area contributed by atoms with Gasteiger partial charge in [0.05, 0.1) is 21.2 Å². The summed E-state index contributed by atoms with van der Waals surface area (Å²) in [5.74, 6) is -0.430. The van der Waals surface area contributed by atoms with Crippen LogP contribution in [-0.2, 0) is 10.0 Å². The summed E-state index contributed by atoms with van der Waals surface area (Å²) >= 11 is 12.0. The third-order valence-corrected chi connectivity index (χ3v) is 6.02. The van der Waals surface area contributed by atoms with Gasteiger partial charge in [0.2, 0.25) is 0 Å². The molecule has 0 bridgehead atoms. The van der Waals surface area contributed by atoms with E-state index in [-0.39, 0.29) is 4.90 Å². The molecule has 0 aliphatic carbocycles. The fourth-order valence-corrected chi connectivity index (χ4v) is 4.31. The number of aryl methyl sites for hydroxylation is 1. The molecule has 0 saturated heterocycles. The predicted molar refractivity (Wildman–Crippen MR) is 113 cm³/mol. The number of hydrogen-bond donors (Lipinski definition) is 2. The van der Waals surface area contributed by atoms with E-state index in [1.807, 2.05) is 0 Å². The molecule has 0 aliphatic rings. The largest absolute Gasteiger partial charge is 0.322 e. The summed E-state index contributed by atoms with van der Waals surface area (Å²) in [6, 6.07) is 17.7. The van der Waals surface area contributed by atoms with Crippen LogP contribution in [0.4, 0.5) is 11.4 Å². The number of hydrogen-bond acceptors (Lipinski definition) is 3. The zero-order valence-electron chi connectivity index (χ0n) is 14.7. The molecule has 5 nitrogen and oxygen atoms in total. The van der Waals surface area contributed by atoms with E-state index in [1.54, 1.807) is 61.5 Å². The topological polar surface area (TPSA) is 75.3 Å². The van der Waals surface area contributed by atoms with Crippen molar-refractivity contribution in [1.82, 2.24) is 0 Å². The molecule has 1 amide bonds. The fourth-order valence-electron chi connectivity index (χ4n) is 2.57. The van der Waals surface area contributed by atoms with Gasteiger partial charge < -0.3 is 5.32 Å². The molecule has 0 unspecified atom stereocenters. The van der Waals surface area contributed by atoms with Gasteiger partial charge >= 0.3 is 0 Å². The van der Waals surface area contributed by atoms with E-state index in [0.29, 0.717) is 32.5 Å². The summed E-state index contributed by atoms with van der Waals surface area (Å²) in [4.78, 5) is 12.5. The monoisotopic (exact) mass is 434 g/mol. The van der Waals surface area contributed by atoms with Crippen molar-refractivity contribution in [2.24, 2.45) is 0 Å². The van der Waals surface area contributed by atoms with E-state index in [9.17, 15) is 13.2 Å². The normalized spacial score (nSPS) is 11.1. The highest BCUT2D eigenvalue weighted by Crippen LogP contribution is 2.25. The maximum Gasteiger partial charge on any atom is 0.262 e. The van der Waals surface area contributed by atoms with Gasteiger partial charge in [-0.05, 0) is 55.0 Å². The van der Waals surface area contributed by atoms with Crippen molar-refractivity contribution < 1.29 is 13.2 Å². The van der Waals surface area contributed by atoms with Crippen LogP contribution in [0.5, 0.6) is 0 Å². The first-order valence-electron chi connectivity index (χ1n) is 8.21. The minimum Gasteiger partial charge on any atom is -0.322 e. The van der Waals surface area contributed by atoms with E-state index in [1.165, 1.54) is 12.1 Å². The molecule has 144 valence electrons. The lowest BCUT2D eigenvalue weighted by Crippen LogP contribution is -2.16. The molecule has 3 aromatic rings. The number of halogens is 2. The molecule has 0 atom stereocenters. The summed E-state index contributed by atoms with van der Waals surface area (Å²) in [6.07, 6.45) is 0. The maximum absolute atomic E-state index is 12.8. The second-order valence-corrected chi connectivity index (χ2v) is 8.52.